The molecule has 3 heteroatoms. The van der Waals surface area contributed by atoms with E-state index in [1.807, 2.05) is 0 Å². The summed E-state index contributed by atoms with van der Waals surface area (Å²) in [6.45, 7) is 9.44. The van der Waals surface area contributed by atoms with E-state index in [-0.39, 0.29) is 22.7 Å². The van der Waals surface area contributed by atoms with Crippen LogP contribution < -0.4 is 0 Å². The molecule has 1 N–H and O–H groups in total. The molecule has 2 saturated carbocycles. The minimum absolute atomic E-state index is 0.179. The van der Waals surface area contributed by atoms with Crippen molar-refractivity contribution in [2.45, 2.75) is 71.5 Å². The highest BCUT2D eigenvalue weighted by molar-refractivity contribution is 6.01. The van der Waals surface area contributed by atoms with Crippen LogP contribution >= 0.6 is 0 Å². The van der Waals surface area contributed by atoms with Crippen molar-refractivity contribution >= 4 is 5.78 Å². The first-order valence-corrected chi connectivity index (χ1v) is 9.02. The van der Waals surface area contributed by atoms with Crippen molar-refractivity contribution < 1.29 is 14.6 Å². The second kappa shape index (κ2) is 4.50. The average Bonchev–Trinajstić information content (AvgIpc) is 2.70. The lowest BCUT2D eigenvalue weighted by molar-refractivity contribution is -0.163. The molecule has 3 aliphatic carbocycles. The minimum Gasteiger partial charge on any atom is -0.486 e. The van der Waals surface area contributed by atoms with Gasteiger partial charge in [0.25, 0.3) is 0 Å². The van der Waals surface area contributed by atoms with Crippen molar-refractivity contribution in [3.05, 3.63) is 23.5 Å². The quantitative estimate of drug-likeness (QED) is 0.740. The molecule has 0 radical (unpaired) electrons. The largest absolute Gasteiger partial charge is 0.486 e. The van der Waals surface area contributed by atoms with Crippen LogP contribution in [0.25, 0.3) is 0 Å². The average molecular weight is 316 g/mol. The van der Waals surface area contributed by atoms with Gasteiger partial charge in [-0.15, -0.1) is 0 Å². The van der Waals surface area contributed by atoms with Gasteiger partial charge in [-0.05, 0) is 49.4 Å². The molecule has 0 amide bonds. The zero-order valence-corrected chi connectivity index (χ0v) is 14.7. The Morgan fingerprint density at radius 3 is 2.65 bits per heavy atom. The van der Waals surface area contributed by atoms with E-state index in [2.05, 4.69) is 33.8 Å². The Morgan fingerprint density at radius 2 is 1.91 bits per heavy atom. The van der Waals surface area contributed by atoms with Crippen LogP contribution in [0.4, 0.5) is 0 Å². The van der Waals surface area contributed by atoms with Gasteiger partial charge in [0.05, 0.1) is 0 Å². The zero-order valence-electron chi connectivity index (χ0n) is 14.7. The number of aliphatic hydroxyl groups is 1. The molecule has 23 heavy (non-hydrogen) atoms. The standard InChI is InChI=1S/C20H28O3/c1-18(2)7-5-8-19(3)15(18)6-9-20(4)16(19)10-12-14(23-20)11-13(21)17(12)22/h10-11,15-17,22H,5-9H2,1-4H3/t15-,16+,17+,19-,20-/m0/s1. The van der Waals surface area contributed by atoms with Gasteiger partial charge in [0.15, 0.2) is 5.78 Å². The van der Waals surface area contributed by atoms with Crippen LogP contribution in [0.5, 0.6) is 0 Å². The van der Waals surface area contributed by atoms with E-state index in [0.717, 1.165) is 6.42 Å². The number of aliphatic hydroxyl groups excluding tert-OH is 1. The molecule has 4 aliphatic rings. The van der Waals surface area contributed by atoms with Gasteiger partial charge >= 0.3 is 0 Å². The highest BCUT2D eigenvalue weighted by atomic mass is 16.5. The lowest BCUT2D eigenvalue weighted by atomic mass is 9.45. The first-order chi connectivity index (χ1) is 10.7. The summed E-state index contributed by atoms with van der Waals surface area (Å²) >= 11 is 0. The smallest absolute Gasteiger partial charge is 0.192 e. The number of ketones is 1. The number of ether oxygens (including phenoxy) is 1. The number of hydrogen-bond donors (Lipinski definition) is 1. The van der Waals surface area contributed by atoms with E-state index in [4.69, 9.17) is 4.74 Å². The third-order valence-electron chi connectivity index (χ3n) is 7.39. The van der Waals surface area contributed by atoms with Crippen LogP contribution in [0.15, 0.2) is 23.5 Å². The van der Waals surface area contributed by atoms with Crippen LogP contribution in [0.3, 0.4) is 0 Å². The topological polar surface area (TPSA) is 46.5 Å². The van der Waals surface area contributed by atoms with Gasteiger partial charge < -0.3 is 9.84 Å². The zero-order chi connectivity index (χ0) is 16.6. The number of hydrogen-bond acceptors (Lipinski definition) is 3. The molecule has 0 unspecified atom stereocenters. The Bertz CT molecular complexity index is 629. The molecule has 0 aromatic carbocycles. The summed E-state index contributed by atoms with van der Waals surface area (Å²) in [6.07, 6.45) is 8.61. The van der Waals surface area contributed by atoms with E-state index in [9.17, 15) is 9.90 Å². The Kier molecular flexibility index (Phi) is 3.02. The van der Waals surface area contributed by atoms with Crippen LogP contribution in [-0.4, -0.2) is 22.6 Å². The van der Waals surface area contributed by atoms with Crippen molar-refractivity contribution in [1.82, 2.24) is 0 Å². The van der Waals surface area contributed by atoms with Gasteiger partial charge in [0, 0.05) is 17.6 Å². The van der Waals surface area contributed by atoms with Gasteiger partial charge in [-0.3, -0.25) is 4.79 Å². The summed E-state index contributed by atoms with van der Waals surface area (Å²) < 4.78 is 6.34. The Labute approximate surface area is 138 Å². The monoisotopic (exact) mass is 316 g/mol. The molecule has 0 aromatic heterocycles. The summed E-state index contributed by atoms with van der Waals surface area (Å²) in [6, 6.07) is 0. The van der Waals surface area contributed by atoms with Gasteiger partial charge in [-0.2, -0.15) is 0 Å². The number of rotatable bonds is 0. The number of carbonyl (C=O) groups is 1. The first kappa shape index (κ1) is 15.4. The van der Waals surface area contributed by atoms with E-state index in [1.54, 1.807) is 0 Å². The Balaban J connectivity index is 1.81. The number of carbonyl (C=O) groups excluding carboxylic acids is 1. The highest BCUT2D eigenvalue weighted by Gasteiger charge is 2.60. The summed E-state index contributed by atoms with van der Waals surface area (Å²) in [5, 5.41) is 10.2. The molecule has 0 saturated heterocycles. The Hall–Kier alpha value is -1.09. The summed E-state index contributed by atoms with van der Waals surface area (Å²) in [4.78, 5) is 11.9. The number of fused-ring (bicyclic) bond motifs is 4. The molecule has 5 atom stereocenters. The molecule has 3 nitrogen and oxygen atoms in total. The van der Waals surface area contributed by atoms with E-state index >= 15 is 0 Å². The molecule has 126 valence electrons. The van der Waals surface area contributed by atoms with Gasteiger partial charge in [0.1, 0.15) is 17.5 Å². The fourth-order valence-corrected chi connectivity index (χ4v) is 6.30. The lowest BCUT2D eigenvalue weighted by Crippen LogP contribution is -2.58. The van der Waals surface area contributed by atoms with Crippen LogP contribution in [0, 0.1) is 22.7 Å². The third kappa shape index (κ3) is 1.95. The Morgan fingerprint density at radius 1 is 1.17 bits per heavy atom. The molecule has 4 rings (SSSR count). The van der Waals surface area contributed by atoms with Crippen molar-refractivity contribution in [3.63, 3.8) is 0 Å². The van der Waals surface area contributed by atoms with Gasteiger partial charge in [-0.25, -0.2) is 0 Å². The summed E-state index contributed by atoms with van der Waals surface area (Å²) in [7, 11) is 0. The van der Waals surface area contributed by atoms with Crippen molar-refractivity contribution in [1.29, 1.82) is 0 Å². The van der Waals surface area contributed by atoms with E-state index in [0.29, 0.717) is 22.7 Å². The predicted octanol–water partition coefficient (Wildman–Crippen LogP) is 3.77. The molecule has 1 aliphatic heterocycles. The molecule has 0 bridgehead atoms. The van der Waals surface area contributed by atoms with E-state index < -0.39 is 6.10 Å². The minimum atomic E-state index is -1.02. The van der Waals surface area contributed by atoms with E-state index in [1.165, 1.54) is 31.8 Å². The van der Waals surface area contributed by atoms with Crippen LogP contribution in [-0.2, 0) is 9.53 Å². The SMILES string of the molecule is CC1(C)CCC[C@]2(C)[C@H]3C=C4C(=CC(=O)[C@@H]4O)O[C@@]3(C)CC[C@@H]12. The maximum atomic E-state index is 11.9. The predicted molar refractivity (Wildman–Crippen MR) is 88.6 cm³/mol. The molecular formula is C20H28O3. The van der Waals surface area contributed by atoms with Crippen molar-refractivity contribution in [2.24, 2.45) is 22.7 Å². The molecule has 2 fully saturated rings. The lowest BCUT2D eigenvalue weighted by Gasteiger charge is -2.62. The normalized spacial score (nSPS) is 47.7. The maximum absolute atomic E-state index is 11.9. The van der Waals surface area contributed by atoms with Crippen LogP contribution in [0.1, 0.15) is 59.8 Å². The second-order valence-electron chi connectivity index (χ2n) is 9.27. The third-order valence-corrected chi connectivity index (χ3v) is 7.39. The first-order valence-electron chi connectivity index (χ1n) is 9.02. The van der Waals surface area contributed by atoms with Crippen molar-refractivity contribution in [2.75, 3.05) is 0 Å². The van der Waals surface area contributed by atoms with Crippen molar-refractivity contribution in [3.8, 4) is 0 Å². The van der Waals surface area contributed by atoms with Crippen LogP contribution in [0.2, 0.25) is 0 Å². The van der Waals surface area contributed by atoms with Gasteiger partial charge in [-0.1, -0.05) is 33.3 Å². The molecular weight excluding hydrogens is 288 g/mol. The summed E-state index contributed by atoms with van der Waals surface area (Å²) in [5.41, 5.74) is 0.993. The highest BCUT2D eigenvalue weighted by Crippen LogP contribution is 2.64. The second-order valence-corrected chi connectivity index (χ2v) is 9.27. The van der Waals surface area contributed by atoms with Gasteiger partial charge in [0.2, 0.25) is 0 Å². The molecule has 0 aromatic rings. The fourth-order valence-electron chi connectivity index (χ4n) is 6.30. The molecule has 1 heterocycles. The molecule has 0 spiro atoms. The summed E-state index contributed by atoms with van der Waals surface area (Å²) in [5.74, 6) is 1.31. The maximum Gasteiger partial charge on any atom is 0.192 e. The fraction of sp³-hybridized carbons (Fsp3) is 0.750.